The number of benzene rings is 2. The lowest BCUT2D eigenvalue weighted by atomic mass is 9.97. The summed E-state index contributed by atoms with van der Waals surface area (Å²) in [5, 5.41) is 3.22. The van der Waals surface area contributed by atoms with Crippen LogP contribution in [-0.2, 0) is 12.8 Å². The Morgan fingerprint density at radius 2 is 1.39 bits per heavy atom. The van der Waals surface area contributed by atoms with E-state index in [9.17, 15) is 0 Å². The van der Waals surface area contributed by atoms with Gasteiger partial charge in [-0.3, -0.25) is 0 Å². The topological polar surface area (TPSA) is 44.2 Å². The molecule has 4 nitrogen and oxygen atoms in total. The molecule has 1 aliphatic carbocycles. The monoisotopic (exact) mass is 494 g/mol. The maximum Gasteiger partial charge on any atom is 0.190 e. The Labute approximate surface area is 207 Å². The molecule has 0 amide bonds. The molecule has 4 aromatic rings. The zero-order chi connectivity index (χ0) is 22.3. The van der Waals surface area contributed by atoms with E-state index < -0.39 is 0 Å². The van der Waals surface area contributed by atoms with E-state index in [-0.39, 0.29) is 0 Å². The van der Waals surface area contributed by atoms with Crippen LogP contribution in [0.2, 0.25) is 0 Å². The van der Waals surface area contributed by atoms with E-state index in [0.29, 0.717) is 13.2 Å². The fourth-order valence-electron chi connectivity index (χ4n) is 3.90. The molecule has 0 spiro atoms. The maximum absolute atomic E-state index is 5.90. The molecule has 5 rings (SSSR count). The number of para-hydroxylation sites is 2. The summed E-state index contributed by atoms with van der Waals surface area (Å²) in [6.07, 6.45) is 4.85. The van der Waals surface area contributed by atoms with Crippen molar-refractivity contribution in [3.8, 4) is 11.5 Å². The van der Waals surface area contributed by atoms with Gasteiger partial charge in [0.25, 0.3) is 0 Å². The summed E-state index contributed by atoms with van der Waals surface area (Å²) >= 11 is 5.31. The molecule has 0 aliphatic heterocycles. The summed E-state index contributed by atoms with van der Waals surface area (Å²) in [5.41, 5.74) is 1.48. The van der Waals surface area contributed by atoms with Gasteiger partial charge in [-0.15, -0.1) is 23.1 Å². The molecule has 2 aromatic heterocycles. The number of aromatic nitrogens is 2. The number of fused-ring (bicyclic) bond motifs is 3. The third-order valence-electron chi connectivity index (χ3n) is 5.42. The second-order valence-electron chi connectivity index (χ2n) is 7.72. The van der Waals surface area contributed by atoms with E-state index in [1.165, 1.54) is 35.1 Å². The standard InChI is InChI=1S/C26H26N2O2S3/c1-3-9-19(10-4-1)29-15-17-31-24-23-21-13-7-8-14-22(21)33-25(23)28-26(27-24)32-18-16-30-20-11-5-2-6-12-20/h1-6,9-12H,7-8,13-18H2. The van der Waals surface area contributed by atoms with Gasteiger partial charge in [0.15, 0.2) is 5.16 Å². The van der Waals surface area contributed by atoms with Crippen molar-refractivity contribution in [3.05, 3.63) is 71.1 Å². The van der Waals surface area contributed by atoms with Crippen molar-refractivity contribution in [3.63, 3.8) is 0 Å². The smallest absolute Gasteiger partial charge is 0.190 e. The first-order chi connectivity index (χ1) is 16.4. The molecular weight excluding hydrogens is 468 g/mol. The quantitative estimate of drug-likeness (QED) is 0.103. The van der Waals surface area contributed by atoms with Crippen molar-refractivity contribution in [2.75, 3.05) is 24.7 Å². The molecule has 0 unspecified atom stereocenters. The zero-order valence-electron chi connectivity index (χ0n) is 18.4. The van der Waals surface area contributed by atoms with Gasteiger partial charge in [-0.05, 0) is 55.5 Å². The molecule has 33 heavy (non-hydrogen) atoms. The fraction of sp³-hybridized carbons (Fsp3) is 0.308. The molecule has 0 atom stereocenters. The van der Waals surface area contributed by atoms with Crippen LogP contribution in [0.1, 0.15) is 23.3 Å². The van der Waals surface area contributed by atoms with Crippen LogP contribution in [0.4, 0.5) is 0 Å². The first-order valence-corrected chi connectivity index (χ1v) is 14.1. The van der Waals surface area contributed by atoms with E-state index in [1.54, 1.807) is 23.5 Å². The van der Waals surface area contributed by atoms with Gasteiger partial charge in [0.2, 0.25) is 0 Å². The van der Waals surface area contributed by atoms with Gasteiger partial charge in [0.05, 0.1) is 13.2 Å². The van der Waals surface area contributed by atoms with Gasteiger partial charge in [-0.2, -0.15) is 0 Å². The summed E-state index contributed by atoms with van der Waals surface area (Å²) in [7, 11) is 0. The number of ether oxygens (including phenoxy) is 2. The van der Waals surface area contributed by atoms with Gasteiger partial charge >= 0.3 is 0 Å². The maximum atomic E-state index is 5.90. The average Bonchev–Trinajstić information content (AvgIpc) is 3.24. The number of thioether (sulfide) groups is 2. The molecular formula is C26H26N2O2S3. The fourth-order valence-corrected chi connectivity index (χ4v) is 6.88. The van der Waals surface area contributed by atoms with Crippen molar-refractivity contribution >= 4 is 45.1 Å². The van der Waals surface area contributed by atoms with Crippen LogP contribution in [0.3, 0.4) is 0 Å². The highest BCUT2D eigenvalue weighted by atomic mass is 32.2. The molecule has 1 aliphatic rings. The molecule has 7 heteroatoms. The van der Waals surface area contributed by atoms with E-state index in [4.69, 9.17) is 19.4 Å². The van der Waals surface area contributed by atoms with E-state index in [1.807, 2.05) is 72.0 Å². The van der Waals surface area contributed by atoms with Crippen molar-refractivity contribution < 1.29 is 9.47 Å². The van der Waals surface area contributed by atoms with Crippen molar-refractivity contribution in [1.29, 1.82) is 0 Å². The molecule has 0 radical (unpaired) electrons. The molecule has 170 valence electrons. The van der Waals surface area contributed by atoms with Gasteiger partial charge in [0, 0.05) is 21.8 Å². The lowest BCUT2D eigenvalue weighted by Gasteiger charge is -2.12. The number of thiophene rings is 1. The minimum absolute atomic E-state index is 0.629. The summed E-state index contributed by atoms with van der Waals surface area (Å²) in [6, 6.07) is 19.9. The highest BCUT2D eigenvalue weighted by Crippen LogP contribution is 2.40. The third-order valence-corrected chi connectivity index (χ3v) is 8.36. The Morgan fingerprint density at radius 3 is 2.09 bits per heavy atom. The van der Waals surface area contributed by atoms with Gasteiger partial charge < -0.3 is 9.47 Å². The van der Waals surface area contributed by atoms with Crippen LogP contribution in [0.25, 0.3) is 10.2 Å². The number of hydrogen-bond donors (Lipinski definition) is 0. The van der Waals surface area contributed by atoms with Crippen LogP contribution in [0, 0.1) is 0 Å². The Hall–Kier alpha value is -2.22. The second kappa shape index (κ2) is 11.3. The van der Waals surface area contributed by atoms with Gasteiger partial charge in [0.1, 0.15) is 21.4 Å². The molecule has 2 heterocycles. The van der Waals surface area contributed by atoms with Crippen molar-refractivity contribution in [1.82, 2.24) is 9.97 Å². The van der Waals surface area contributed by atoms with Crippen LogP contribution in [-0.4, -0.2) is 34.7 Å². The number of hydrogen-bond acceptors (Lipinski definition) is 7. The number of nitrogens with zero attached hydrogens (tertiary/aromatic N) is 2. The molecule has 0 bridgehead atoms. The summed E-state index contributed by atoms with van der Waals surface area (Å²) in [4.78, 5) is 12.5. The molecule has 0 fully saturated rings. The van der Waals surface area contributed by atoms with Gasteiger partial charge in [-0.25, -0.2) is 9.97 Å². The van der Waals surface area contributed by atoms with Crippen LogP contribution < -0.4 is 9.47 Å². The lowest BCUT2D eigenvalue weighted by Crippen LogP contribution is -2.03. The Balaban J connectivity index is 1.27. The Bertz CT molecular complexity index is 1180. The van der Waals surface area contributed by atoms with Crippen LogP contribution in [0.5, 0.6) is 11.5 Å². The SMILES string of the molecule is c1ccc(OCCSc2nc(SCCOc3ccccc3)c3c4c(sc3n2)CCCC4)cc1. The first-order valence-electron chi connectivity index (χ1n) is 11.3. The third kappa shape index (κ3) is 5.83. The average molecular weight is 495 g/mol. The van der Waals surface area contributed by atoms with E-state index in [2.05, 4.69) is 0 Å². The van der Waals surface area contributed by atoms with Crippen LogP contribution in [0.15, 0.2) is 70.8 Å². The summed E-state index contributed by atoms with van der Waals surface area (Å²) < 4.78 is 11.7. The number of aryl methyl sites for hydroxylation is 2. The van der Waals surface area contributed by atoms with E-state index in [0.717, 1.165) is 44.4 Å². The first kappa shape index (κ1) is 22.6. The number of rotatable bonds is 10. The minimum Gasteiger partial charge on any atom is -0.493 e. The summed E-state index contributed by atoms with van der Waals surface area (Å²) in [5.74, 6) is 3.48. The van der Waals surface area contributed by atoms with Crippen molar-refractivity contribution in [2.24, 2.45) is 0 Å². The highest BCUT2D eigenvalue weighted by Gasteiger charge is 2.21. The van der Waals surface area contributed by atoms with E-state index >= 15 is 0 Å². The molecule has 0 saturated carbocycles. The predicted octanol–water partition coefficient (Wildman–Crippen LogP) is 6.91. The molecule has 2 aromatic carbocycles. The minimum atomic E-state index is 0.629. The summed E-state index contributed by atoms with van der Waals surface area (Å²) in [6.45, 7) is 1.28. The lowest BCUT2D eigenvalue weighted by molar-refractivity contribution is 0.344. The highest BCUT2D eigenvalue weighted by molar-refractivity contribution is 8.00. The van der Waals surface area contributed by atoms with Crippen molar-refractivity contribution in [2.45, 2.75) is 35.9 Å². The second-order valence-corrected chi connectivity index (χ2v) is 11.0. The van der Waals surface area contributed by atoms with Gasteiger partial charge in [-0.1, -0.05) is 48.2 Å². The Morgan fingerprint density at radius 1 is 0.758 bits per heavy atom. The molecule has 0 saturated heterocycles. The Kier molecular flexibility index (Phi) is 7.71. The molecule has 0 N–H and O–H groups in total. The largest absolute Gasteiger partial charge is 0.493 e. The zero-order valence-corrected chi connectivity index (χ0v) is 20.8. The normalized spacial score (nSPS) is 13.1. The predicted molar refractivity (Wildman–Crippen MR) is 139 cm³/mol. The van der Waals surface area contributed by atoms with Crippen LogP contribution >= 0.6 is 34.9 Å².